The molecular formula is C37H61N9O9S6. The fourth-order valence-corrected chi connectivity index (χ4v) is 8.81. The molecule has 0 bridgehead atoms. The van der Waals surface area contributed by atoms with Crippen LogP contribution in [0.3, 0.4) is 0 Å². The maximum Gasteiger partial charge on any atom is 0.336 e. The molecule has 0 aliphatic heterocycles. The molecule has 344 valence electrons. The largest absolute Gasteiger partial charge is 0.336 e. The van der Waals surface area contributed by atoms with Gasteiger partial charge in [0.1, 0.15) is 0 Å². The summed E-state index contributed by atoms with van der Waals surface area (Å²) in [6, 6.07) is 0. The zero-order valence-corrected chi connectivity index (χ0v) is 40.1. The minimum Gasteiger partial charge on any atom is -0.247 e. The average molecular weight is 968 g/mol. The van der Waals surface area contributed by atoms with Crippen LogP contribution in [0.4, 0.5) is 0 Å². The summed E-state index contributed by atoms with van der Waals surface area (Å²) in [6.45, 7) is 3.25. The van der Waals surface area contributed by atoms with E-state index in [0.717, 1.165) is 47.5 Å². The van der Waals surface area contributed by atoms with Crippen LogP contribution in [0.1, 0.15) is 71.1 Å². The van der Waals surface area contributed by atoms with Gasteiger partial charge in [-0.2, -0.15) is 74.0 Å². The van der Waals surface area contributed by atoms with Crippen molar-refractivity contribution in [2.24, 2.45) is 0 Å². The lowest BCUT2D eigenvalue weighted by molar-refractivity contribution is 0.434. The van der Waals surface area contributed by atoms with Gasteiger partial charge in [-0.05, 0) is 104 Å². The van der Waals surface area contributed by atoms with Crippen LogP contribution >= 0.6 is 74.0 Å². The van der Waals surface area contributed by atoms with Crippen LogP contribution in [0.25, 0.3) is 0 Å². The molecule has 0 spiro atoms. The Balaban J connectivity index is 1.61. The van der Waals surface area contributed by atoms with Crippen molar-refractivity contribution in [2.75, 3.05) is 46.0 Å². The van der Waals surface area contributed by atoms with Crippen LogP contribution in [0.15, 0.2) is 43.2 Å². The Labute approximate surface area is 383 Å². The Morgan fingerprint density at radius 3 is 0.623 bits per heavy atom. The van der Waals surface area contributed by atoms with Crippen LogP contribution in [0.2, 0.25) is 0 Å². The molecule has 3 rings (SSSR count). The molecule has 3 heterocycles. The van der Waals surface area contributed by atoms with Gasteiger partial charge in [-0.15, -0.1) is 0 Å². The first-order valence-electron chi connectivity index (χ1n) is 20.8. The predicted octanol–water partition coefficient (Wildman–Crippen LogP) is 0.649. The molecule has 0 aliphatic carbocycles. The van der Waals surface area contributed by atoms with Gasteiger partial charge in [0.05, 0.1) is 0 Å². The molecule has 0 atom stereocenters. The van der Waals surface area contributed by atoms with E-state index in [1.54, 1.807) is 11.8 Å². The number of thiol groups is 4. The summed E-state index contributed by atoms with van der Waals surface area (Å²) in [6.07, 6.45) is 5.23. The van der Waals surface area contributed by atoms with E-state index in [1.807, 2.05) is 6.92 Å². The zero-order valence-electron chi connectivity index (χ0n) is 34.9. The van der Waals surface area contributed by atoms with Gasteiger partial charge in [0.2, 0.25) is 0 Å². The molecule has 0 radical (unpaired) electrons. The van der Waals surface area contributed by atoms with Crippen molar-refractivity contribution >= 4 is 74.0 Å². The topological polar surface area (TPSA) is 198 Å². The Hall–Kier alpha value is -2.67. The van der Waals surface area contributed by atoms with E-state index < -0.39 is 51.2 Å². The molecular weight excluding hydrogens is 907 g/mol. The standard InChI is InChI=1S/C37H61N9O9S6/c1-2-3-12-38-29(47)39(13-4-21-56)32(50)43(30(38)48)17-8-25-60-27-10-19-45-35(53)42(16-7-24-59)36(54)46(37(45)55)20-11-28-61-26-9-18-44-33(51)40(14-5-22-57)31(49)41(34(44)52)15-6-23-58/h56-59H,2-28H2,1H3. The molecule has 0 N–H and O–H groups in total. The van der Waals surface area contributed by atoms with E-state index in [2.05, 4.69) is 50.5 Å². The first kappa shape index (κ1) is 52.7. The smallest absolute Gasteiger partial charge is 0.247 e. The summed E-state index contributed by atoms with van der Waals surface area (Å²) >= 11 is 19.9. The Morgan fingerprint density at radius 2 is 0.459 bits per heavy atom. The molecule has 0 aliphatic rings. The number of rotatable bonds is 31. The summed E-state index contributed by atoms with van der Waals surface area (Å²) in [5.41, 5.74) is -5.77. The number of hydrogen-bond donors (Lipinski definition) is 4. The van der Waals surface area contributed by atoms with Crippen molar-refractivity contribution in [2.45, 2.75) is 130 Å². The zero-order chi connectivity index (χ0) is 44.9. The number of aromatic nitrogens is 9. The number of thioether (sulfide) groups is 2. The fraction of sp³-hybridized carbons (Fsp3) is 0.757. The van der Waals surface area contributed by atoms with Crippen LogP contribution in [0.5, 0.6) is 0 Å². The van der Waals surface area contributed by atoms with Crippen LogP contribution in [-0.4, -0.2) is 87.1 Å². The normalized spacial score (nSPS) is 11.6. The highest BCUT2D eigenvalue weighted by Gasteiger charge is 2.18. The molecule has 61 heavy (non-hydrogen) atoms. The average Bonchev–Trinajstić information content (AvgIpc) is 3.24. The second-order valence-electron chi connectivity index (χ2n) is 14.2. The van der Waals surface area contributed by atoms with Crippen molar-refractivity contribution in [1.29, 1.82) is 0 Å². The van der Waals surface area contributed by atoms with Crippen molar-refractivity contribution in [3.05, 3.63) is 94.4 Å². The summed E-state index contributed by atoms with van der Waals surface area (Å²) in [5, 5.41) is 0. The maximum absolute atomic E-state index is 13.5. The molecule has 0 unspecified atom stereocenters. The number of nitrogens with zero attached hydrogens (tertiary/aromatic N) is 9. The van der Waals surface area contributed by atoms with E-state index in [-0.39, 0.29) is 58.9 Å². The minimum atomic E-state index is -0.680. The van der Waals surface area contributed by atoms with E-state index >= 15 is 0 Å². The lowest BCUT2D eigenvalue weighted by Gasteiger charge is -2.14. The molecule has 24 heteroatoms. The summed E-state index contributed by atoms with van der Waals surface area (Å²) in [7, 11) is 0. The van der Waals surface area contributed by atoms with E-state index in [4.69, 9.17) is 0 Å². The third-order valence-corrected chi connectivity index (χ3v) is 13.3. The van der Waals surface area contributed by atoms with Gasteiger partial charge in [-0.1, -0.05) is 13.3 Å². The van der Waals surface area contributed by atoms with Crippen LogP contribution < -0.4 is 51.2 Å². The summed E-state index contributed by atoms with van der Waals surface area (Å²) in [4.78, 5) is 118. The monoisotopic (exact) mass is 967 g/mol. The van der Waals surface area contributed by atoms with Gasteiger partial charge in [0.15, 0.2) is 0 Å². The molecule has 0 saturated heterocycles. The highest BCUT2D eigenvalue weighted by molar-refractivity contribution is 7.99. The predicted molar refractivity (Wildman–Crippen MR) is 260 cm³/mol. The van der Waals surface area contributed by atoms with Crippen LogP contribution in [-0.2, 0) is 58.9 Å². The summed E-state index contributed by atoms with van der Waals surface area (Å²) < 4.78 is 9.89. The fourth-order valence-electron chi connectivity index (χ4n) is 6.50. The summed E-state index contributed by atoms with van der Waals surface area (Å²) in [5.74, 6) is 4.19. The Kier molecular flexibility index (Phi) is 24.3. The first-order chi connectivity index (χ1) is 29.4. The molecule has 0 fully saturated rings. The molecule has 0 amide bonds. The van der Waals surface area contributed by atoms with Gasteiger partial charge < -0.3 is 0 Å². The van der Waals surface area contributed by atoms with Gasteiger partial charge in [0, 0.05) is 58.9 Å². The number of unbranched alkanes of at least 4 members (excludes halogenated alkanes) is 1. The third kappa shape index (κ3) is 14.7. The van der Waals surface area contributed by atoms with Crippen molar-refractivity contribution in [3.63, 3.8) is 0 Å². The molecule has 0 aromatic carbocycles. The quantitative estimate of drug-likeness (QED) is 0.0522. The molecule has 0 saturated carbocycles. The van der Waals surface area contributed by atoms with E-state index in [9.17, 15) is 43.2 Å². The van der Waals surface area contributed by atoms with Gasteiger partial charge >= 0.3 is 51.2 Å². The Morgan fingerprint density at radius 1 is 0.295 bits per heavy atom. The number of hydrogen-bond acceptors (Lipinski definition) is 15. The lowest BCUT2D eigenvalue weighted by atomic mass is 10.3. The second-order valence-corrected chi connectivity index (χ2v) is 18.4. The van der Waals surface area contributed by atoms with Gasteiger partial charge in [-0.25, -0.2) is 84.3 Å². The molecule has 3 aromatic heterocycles. The van der Waals surface area contributed by atoms with Crippen LogP contribution in [0, 0.1) is 0 Å². The molecule has 18 nitrogen and oxygen atoms in total. The highest BCUT2D eigenvalue weighted by atomic mass is 32.2. The van der Waals surface area contributed by atoms with Gasteiger partial charge in [-0.3, -0.25) is 0 Å². The maximum atomic E-state index is 13.5. The third-order valence-electron chi connectivity index (χ3n) is 9.73. The SMILES string of the molecule is CCCCn1c(=O)n(CCCS)c(=O)n(CCCSCCCn2c(=O)n(CCCS)c(=O)n(CCCSCCCn3c(=O)n(CCCS)c(=O)n(CCCS)c3=O)c2=O)c1=O. The molecule has 3 aromatic rings. The minimum absolute atomic E-state index is 0.0907. The highest BCUT2D eigenvalue weighted by Crippen LogP contribution is 2.07. The first-order valence-corrected chi connectivity index (χ1v) is 25.7. The van der Waals surface area contributed by atoms with E-state index in [0.29, 0.717) is 104 Å². The van der Waals surface area contributed by atoms with E-state index in [1.165, 1.54) is 11.8 Å². The van der Waals surface area contributed by atoms with Crippen molar-refractivity contribution < 1.29 is 0 Å². The van der Waals surface area contributed by atoms with Crippen molar-refractivity contribution in [1.82, 2.24) is 41.1 Å². The van der Waals surface area contributed by atoms with Gasteiger partial charge in [0.25, 0.3) is 0 Å². The lowest BCUT2D eigenvalue weighted by Crippen LogP contribution is -2.54. The Bertz CT molecular complexity index is 2160. The second kappa shape index (κ2) is 28.2. The van der Waals surface area contributed by atoms with Crippen molar-refractivity contribution in [3.8, 4) is 0 Å².